The fourth-order valence-corrected chi connectivity index (χ4v) is 9.38. The first kappa shape index (κ1) is 67.1. The van der Waals surface area contributed by atoms with Crippen molar-refractivity contribution in [1.29, 1.82) is 0 Å². The predicted molar refractivity (Wildman–Crippen MR) is 301 cm³/mol. The van der Waals surface area contributed by atoms with Crippen LogP contribution in [0.25, 0.3) is 0 Å². The Morgan fingerprint density at radius 3 is 1.07 bits per heavy atom. The smallest absolute Gasteiger partial charge is 0.305 e. The highest BCUT2D eigenvalue weighted by Crippen LogP contribution is 2.17. The molecular weight excluding hydrogens is 851 g/mol. The number of esters is 1. The number of carbonyl (C=O) groups is 2. The monoisotopic (exact) mass is 970 g/mol. The number of aliphatic hydroxyl groups is 2. The van der Waals surface area contributed by atoms with E-state index in [2.05, 4.69) is 43.5 Å². The van der Waals surface area contributed by atoms with Crippen molar-refractivity contribution in [2.24, 2.45) is 0 Å². The Morgan fingerprint density at radius 1 is 0.391 bits per heavy atom. The van der Waals surface area contributed by atoms with E-state index in [1.807, 2.05) is 6.08 Å². The first-order chi connectivity index (χ1) is 34.0. The van der Waals surface area contributed by atoms with Crippen LogP contribution in [0.2, 0.25) is 0 Å². The first-order valence-corrected chi connectivity index (χ1v) is 30.8. The molecule has 0 heterocycles. The SMILES string of the molecule is CCCC/C=C\CCCCCCCC(=O)OCCCCCCCCC/C=C\CCCCCCCC(=O)NC(CO)C(O)/C=C/CCCCCCCCCCCCCCCCCCCCCCCCC. The van der Waals surface area contributed by atoms with Crippen LogP contribution in [-0.4, -0.2) is 47.4 Å². The summed E-state index contributed by atoms with van der Waals surface area (Å²) < 4.78 is 5.44. The highest BCUT2D eigenvalue weighted by Gasteiger charge is 2.18. The average Bonchev–Trinajstić information content (AvgIpc) is 3.35. The molecule has 69 heavy (non-hydrogen) atoms. The lowest BCUT2D eigenvalue weighted by molar-refractivity contribution is -0.143. The van der Waals surface area contributed by atoms with Crippen LogP contribution < -0.4 is 5.32 Å². The molecule has 0 aromatic rings. The molecule has 0 bridgehead atoms. The molecule has 6 nitrogen and oxygen atoms in total. The van der Waals surface area contributed by atoms with Crippen molar-refractivity contribution in [1.82, 2.24) is 5.32 Å². The van der Waals surface area contributed by atoms with Gasteiger partial charge in [0.05, 0.1) is 25.4 Å². The fraction of sp³-hybridized carbons (Fsp3) is 0.873. The van der Waals surface area contributed by atoms with Gasteiger partial charge in [-0.1, -0.05) is 275 Å². The maximum Gasteiger partial charge on any atom is 0.305 e. The molecule has 0 saturated carbocycles. The number of hydrogen-bond acceptors (Lipinski definition) is 5. The molecule has 0 fully saturated rings. The molecule has 0 aromatic carbocycles. The van der Waals surface area contributed by atoms with Crippen molar-refractivity contribution >= 4 is 11.9 Å². The Morgan fingerprint density at radius 2 is 0.696 bits per heavy atom. The number of nitrogens with one attached hydrogen (secondary N) is 1. The first-order valence-electron chi connectivity index (χ1n) is 30.8. The Hall–Kier alpha value is -1.92. The summed E-state index contributed by atoms with van der Waals surface area (Å²) in [6.07, 6.45) is 73.3. The second-order valence-electron chi connectivity index (χ2n) is 21.0. The standard InChI is InChI=1S/C63H119NO5/c1-3-5-7-9-11-13-15-16-17-18-19-20-21-22-23-24-25-26-29-32-36-39-43-47-51-55-61(66)60(59-65)64-62(67)56-52-48-44-40-37-33-30-27-28-31-34-38-42-46-50-54-58-69-63(68)57-53-49-45-41-35-14-12-10-8-6-4-2/h10,12,27,30,51,55,60-61,65-66H,3-9,11,13-26,28-29,31-50,52-54,56-59H2,1-2H3,(H,64,67)/b12-10-,30-27-,55-51+. The zero-order valence-electron chi connectivity index (χ0n) is 46.3. The third-order valence-electron chi connectivity index (χ3n) is 14.1. The third kappa shape index (κ3) is 55.2. The highest BCUT2D eigenvalue weighted by molar-refractivity contribution is 5.76. The molecule has 406 valence electrons. The number of ether oxygens (including phenoxy) is 1. The van der Waals surface area contributed by atoms with E-state index in [1.54, 1.807) is 6.08 Å². The summed E-state index contributed by atoms with van der Waals surface area (Å²) in [4.78, 5) is 24.5. The van der Waals surface area contributed by atoms with E-state index in [0.717, 1.165) is 64.2 Å². The van der Waals surface area contributed by atoms with Gasteiger partial charge in [-0.3, -0.25) is 9.59 Å². The van der Waals surface area contributed by atoms with Gasteiger partial charge in [-0.15, -0.1) is 0 Å². The van der Waals surface area contributed by atoms with Crippen LogP contribution in [-0.2, 0) is 14.3 Å². The quantitative estimate of drug-likeness (QED) is 0.0321. The van der Waals surface area contributed by atoms with E-state index in [9.17, 15) is 19.8 Å². The average molecular weight is 971 g/mol. The second-order valence-corrected chi connectivity index (χ2v) is 21.0. The minimum Gasteiger partial charge on any atom is -0.466 e. The van der Waals surface area contributed by atoms with Crippen LogP contribution in [0.5, 0.6) is 0 Å². The lowest BCUT2D eigenvalue weighted by atomic mass is 10.0. The van der Waals surface area contributed by atoms with Crippen LogP contribution in [0.4, 0.5) is 0 Å². The van der Waals surface area contributed by atoms with E-state index in [1.165, 1.54) is 238 Å². The molecule has 3 N–H and O–H groups in total. The number of carbonyl (C=O) groups excluding carboxylic acids is 2. The van der Waals surface area contributed by atoms with Crippen LogP contribution in [0.1, 0.15) is 328 Å². The van der Waals surface area contributed by atoms with Gasteiger partial charge in [-0.2, -0.15) is 0 Å². The number of unbranched alkanes of at least 4 members (excludes halogenated alkanes) is 42. The number of rotatable bonds is 57. The van der Waals surface area contributed by atoms with E-state index in [4.69, 9.17) is 4.74 Å². The summed E-state index contributed by atoms with van der Waals surface area (Å²) in [5.41, 5.74) is 0. The molecule has 0 rings (SSSR count). The van der Waals surface area contributed by atoms with E-state index < -0.39 is 12.1 Å². The molecule has 0 aliphatic rings. The molecule has 0 saturated heterocycles. The maximum absolute atomic E-state index is 12.5. The van der Waals surface area contributed by atoms with E-state index in [-0.39, 0.29) is 18.5 Å². The summed E-state index contributed by atoms with van der Waals surface area (Å²) in [5.74, 6) is -0.0974. The van der Waals surface area contributed by atoms with Crippen molar-refractivity contribution in [3.8, 4) is 0 Å². The predicted octanol–water partition coefficient (Wildman–Crippen LogP) is 19.2. The van der Waals surface area contributed by atoms with Crippen LogP contribution in [0, 0.1) is 0 Å². The summed E-state index contributed by atoms with van der Waals surface area (Å²) in [7, 11) is 0. The molecule has 0 aromatic heterocycles. The van der Waals surface area contributed by atoms with E-state index >= 15 is 0 Å². The Kier molecular flexibility index (Phi) is 57.0. The zero-order valence-corrected chi connectivity index (χ0v) is 46.3. The molecule has 0 radical (unpaired) electrons. The molecule has 2 atom stereocenters. The number of hydrogen-bond donors (Lipinski definition) is 3. The molecule has 0 aliphatic carbocycles. The normalized spacial score (nSPS) is 12.8. The Labute approximate surface area is 430 Å². The van der Waals surface area contributed by atoms with Gasteiger partial charge in [0.15, 0.2) is 0 Å². The topological polar surface area (TPSA) is 95.9 Å². The Balaban J connectivity index is 3.50. The minimum atomic E-state index is -0.857. The molecule has 6 heteroatoms. The van der Waals surface area contributed by atoms with Crippen molar-refractivity contribution in [3.63, 3.8) is 0 Å². The van der Waals surface area contributed by atoms with Crippen molar-refractivity contribution in [2.45, 2.75) is 341 Å². The van der Waals surface area contributed by atoms with Gasteiger partial charge in [0.1, 0.15) is 0 Å². The van der Waals surface area contributed by atoms with Crippen molar-refractivity contribution < 1.29 is 24.5 Å². The number of amides is 1. The maximum atomic E-state index is 12.5. The second kappa shape index (κ2) is 58.6. The van der Waals surface area contributed by atoms with Crippen LogP contribution >= 0.6 is 0 Å². The van der Waals surface area contributed by atoms with Gasteiger partial charge in [0, 0.05) is 12.8 Å². The molecule has 0 spiro atoms. The molecular formula is C63H119NO5. The lowest BCUT2D eigenvalue weighted by Crippen LogP contribution is -2.45. The number of allylic oxidation sites excluding steroid dienone is 5. The van der Waals surface area contributed by atoms with E-state index in [0.29, 0.717) is 19.4 Å². The van der Waals surface area contributed by atoms with Gasteiger partial charge in [0.2, 0.25) is 5.91 Å². The van der Waals surface area contributed by atoms with Gasteiger partial charge < -0.3 is 20.3 Å². The summed E-state index contributed by atoms with van der Waals surface area (Å²) in [6, 6.07) is -0.642. The summed E-state index contributed by atoms with van der Waals surface area (Å²) in [5, 5.41) is 23.2. The van der Waals surface area contributed by atoms with Gasteiger partial charge in [-0.25, -0.2) is 0 Å². The molecule has 0 aliphatic heterocycles. The van der Waals surface area contributed by atoms with Crippen LogP contribution in [0.15, 0.2) is 36.5 Å². The van der Waals surface area contributed by atoms with Gasteiger partial charge >= 0.3 is 5.97 Å². The van der Waals surface area contributed by atoms with Gasteiger partial charge in [-0.05, 0) is 77.0 Å². The van der Waals surface area contributed by atoms with Gasteiger partial charge in [0.25, 0.3) is 0 Å². The highest BCUT2D eigenvalue weighted by atomic mass is 16.5. The van der Waals surface area contributed by atoms with Crippen LogP contribution in [0.3, 0.4) is 0 Å². The summed E-state index contributed by atoms with van der Waals surface area (Å²) in [6.45, 7) is 4.86. The summed E-state index contributed by atoms with van der Waals surface area (Å²) >= 11 is 0. The zero-order chi connectivity index (χ0) is 50.0. The molecule has 2 unspecified atom stereocenters. The third-order valence-corrected chi connectivity index (χ3v) is 14.1. The molecule has 1 amide bonds. The Bertz CT molecular complexity index is 1120. The van der Waals surface area contributed by atoms with Crippen molar-refractivity contribution in [3.05, 3.63) is 36.5 Å². The fourth-order valence-electron chi connectivity index (χ4n) is 9.38. The largest absolute Gasteiger partial charge is 0.466 e. The number of aliphatic hydroxyl groups excluding tert-OH is 2. The lowest BCUT2D eigenvalue weighted by Gasteiger charge is -2.20. The minimum absolute atomic E-state index is 0.0147. The van der Waals surface area contributed by atoms with Crippen molar-refractivity contribution in [2.75, 3.05) is 13.2 Å².